The van der Waals surface area contributed by atoms with Crippen LogP contribution in [-0.4, -0.2) is 30.4 Å². The molecule has 29 heavy (non-hydrogen) atoms. The van der Waals surface area contributed by atoms with Crippen LogP contribution in [0.25, 0.3) is 10.8 Å². The van der Waals surface area contributed by atoms with E-state index in [2.05, 4.69) is 5.32 Å². The van der Waals surface area contributed by atoms with Crippen LogP contribution < -0.4 is 10.1 Å². The van der Waals surface area contributed by atoms with Crippen molar-refractivity contribution in [1.82, 2.24) is 0 Å². The highest BCUT2D eigenvalue weighted by atomic mass is 16.6. The van der Waals surface area contributed by atoms with E-state index >= 15 is 0 Å². The number of benzene rings is 3. The van der Waals surface area contributed by atoms with Crippen molar-refractivity contribution < 1.29 is 23.9 Å². The second-order valence-corrected chi connectivity index (χ2v) is 6.52. The molecule has 0 saturated heterocycles. The van der Waals surface area contributed by atoms with E-state index in [4.69, 9.17) is 9.47 Å². The number of fused-ring (bicyclic) bond motifs is 1. The number of nitrogens with one attached hydrogen (secondary N) is 1. The monoisotopic (exact) mass is 391 g/mol. The van der Waals surface area contributed by atoms with Crippen LogP contribution in [0.4, 0.5) is 5.69 Å². The number of esters is 1. The van der Waals surface area contributed by atoms with Gasteiger partial charge in [-0.2, -0.15) is 0 Å². The molecule has 1 atom stereocenters. The first-order valence-electron chi connectivity index (χ1n) is 9.16. The molecular weight excluding hydrogens is 370 g/mol. The summed E-state index contributed by atoms with van der Waals surface area (Å²) in [6, 6.07) is 19.7. The average molecular weight is 391 g/mol. The number of anilines is 1. The molecule has 0 saturated carbocycles. The largest absolute Gasteiger partial charge is 0.482 e. The molecule has 3 aromatic carbocycles. The minimum absolute atomic E-state index is 0.0537. The Kier molecular flexibility index (Phi) is 6.24. The Balaban J connectivity index is 1.53. The van der Waals surface area contributed by atoms with Crippen molar-refractivity contribution in [2.75, 3.05) is 11.9 Å². The van der Waals surface area contributed by atoms with E-state index in [0.29, 0.717) is 17.0 Å². The molecule has 0 heterocycles. The summed E-state index contributed by atoms with van der Waals surface area (Å²) < 4.78 is 10.5. The van der Waals surface area contributed by atoms with Gasteiger partial charge in [0.15, 0.2) is 18.5 Å². The van der Waals surface area contributed by atoms with Gasteiger partial charge >= 0.3 is 5.97 Å². The Labute approximate surface area is 168 Å². The molecule has 3 rings (SSSR count). The van der Waals surface area contributed by atoms with Gasteiger partial charge in [0.25, 0.3) is 5.91 Å². The third kappa shape index (κ3) is 5.19. The van der Waals surface area contributed by atoms with Gasteiger partial charge in [0, 0.05) is 16.6 Å². The zero-order valence-electron chi connectivity index (χ0n) is 16.2. The van der Waals surface area contributed by atoms with E-state index in [1.54, 1.807) is 30.3 Å². The lowest BCUT2D eigenvalue weighted by molar-refractivity contribution is -0.155. The van der Waals surface area contributed by atoms with Crippen LogP contribution in [0.3, 0.4) is 0 Å². The minimum atomic E-state index is -0.981. The molecule has 6 heteroatoms. The number of carbonyl (C=O) groups excluding carboxylic acids is 3. The van der Waals surface area contributed by atoms with Crippen molar-refractivity contribution in [1.29, 1.82) is 0 Å². The lowest BCUT2D eigenvalue weighted by atomic mass is 10.1. The van der Waals surface area contributed by atoms with Gasteiger partial charge in [-0.25, -0.2) is 4.79 Å². The molecule has 1 N–H and O–H groups in total. The van der Waals surface area contributed by atoms with Crippen LogP contribution in [-0.2, 0) is 14.3 Å². The summed E-state index contributed by atoms with van der Waals surface area (Å²) >= 11 is 0. The maximum absolute atomic E-state index is 12.4. The standard InChI is InChI=1S/C23H21NO5/c1-15(25)17-10-12-19(13-11-17)28-14-22(26)29-16(2)23(27)24-21-9-5-7-18-6-3-4-8-20(18)21/h3-13,16H,14H2,1-2H3,(H,24,27)/t16-/m1/s1. The maximum Gasteiger partial charge on any atom is 0.344 e. The Morgan fingerprint density at radius 1 is 0.931 bits per heavy atom. The minimum Gasteiger partial charge on any atom is -0.482 e. The van der Waals surface area contributed by atoms with Crippen molar-refractivity contribution in [2.24, 2.45) is 0 Å². The number of amides is 1. The van der Waals surface area contributed by atoms with Crippen molar-refractivity contribution in [3.8, 4) is 5.75 Å². The highest BCUT2D eigenvalue weighted by Gasteiger charge is 2.19. The number of Topliss-reactive ketones (excluding diaryl/α,β-unsaturated/α-hetero) is 1. The van der Waals surface area contributed by atoms with Crippen LogP contribution in [0, 0.1) is 0 Å². The Bertz CT molecular complexity index is 1040. The Hall–Kier alpha value is -3.67. The van der Waals surface area contributed by atoms with Gasteiger partial charge in [-0.15, -0.1) is 0 Å². The molecule has 0 fully saturated rings. The van der Waals surface area contributed by atoms with Gasteiger partial charge < -0.3 is 14.8 Å². The number of rotatable bonds is 7. The van der Waals surface area contributed by atoms with Gasteiger partial charge in [-0.05, 0) is 49.6 Å². The van der Waals surface area contributed by atoms with Crippen molar-refractivity contribution in [2.45, 2.75) is 20.0 Å². The average Bonchev–Trinajstić information content (AvgIpc) is 2.72. The summed E-state index contributed by atoms with van der Waals surface area (Å²) in [5.74, 6) is -0.719. The summed E-state index contributed by atoms with van der Waals surface area (Å²) in [5, 5.41) is 4.69. The predicted octanol–water partition coefficient (Wildman–Crippen LogP) is 3.99. The molecule has 0 aromatic heterocycles. The summed E-state index contributed by atoms with van der Waals surface area (Å²) in [4.78, 5) is 35.7. The first kappa shape index (κ1) is 20.1. The van der Waals surface area contributed by atoms with E-state index in [9.17, 15) is 14.4 Å². The number of ether oxygens (including phenoxy) is 2. The highest BCUT2D eigenvalue weighted by molar-refractivity contribution is 6.03. The Morgan fingerprint density at radius 2 is 1.62 bits per heavy atom. The lowest BCUT2D eigenvalue weighted by Crippen LogP contribution is -2.31. The van der Waals surface area contributed by atoms with Crippen LogP contribution in [0.5, 0.6) is 5.75 Å². The second-order valence-electron chi connectivity index (χ2n) is 6.52. The summed E-state index contributed by atoms with van der Waals surface area (Å²) in [6.45, 7) is 2.63. The fourth-order valence-electron chi connectivity index (χ4n) is 2.78. The molecule has 0 aliphatic heterocycles. The van der Waals surface area contributed by atoms with E-state index in [-0.39, 0.29) is 12.4 Å². The van der Waals surface area contributed by atoms with Crippen LogP contribution >= 0.6 is 0 Å². The van der Waals surface area contributed by atoms with Gasteiger partial charge in [0.05, 0.1) is 0 Å². The van der Waals surface area contributed by atoms with Crippen LogP contribution in [0.2, 0.25) is 0 Å². The molecule has 148 valence electrons. The maximum atomic E-state index is 12.4. The summed E-state index contributed by atoms with van der Waals surface area (Å²) in [7, 11) is 0. The van der Waals surface area contributed by atoms with Crippen molar-refractivity contribution >= 4 is 34.1 Å². The number of ketones is 1. The Morgan fingerprint density at radius 3 is 2.34 bits per heavy atom. The zero-order chi connectivity index (χ0) is 20.8. The number of hydrogen-bond donors (Lipinski definition) is 1. The molecule has 0 aliphatic carbocycles. The van der Waals surface area contributed by atoms with E-state index in [1.165, 1.54) is 13.8 Å². The predicted molar refractivity (Wildman–Crippen MR) is 110 cm³/mol. The number of hydrogen-bond acceptors (Lipinski definition) is 5. The molecule has 3 aromatic rings. The quantitative estimate of drug-likeness (QED) is 0.486. The summed E-state index contributed by atoms with van der Waals surface area (Å²) in [6.07, 6.45) is -0.981. The fourth-order valence-corrected chi connectivity index (χ4v) is 2.78. The van der Waals surface area contributed by atoms with Crippen LogP contribution in [0.1, 0.15) is 24.2 Å². The van der Waals surface area contributed by atoms with E-state index in [0.717, 1.165) is 10.8 Å². The molecule has 0 bridgehead atoms. The van der Waals surface area contributed by atoms with Gasteiger partial charge in [-0.1, -0.05) is 36.4 Å². The molecule has 0 spiro atoms. The van der Waals surface area contributed by atoms with E-state index < -0.39 is 18.0 Å². The molecule has 1 amide bonds. The molecule has 0 radical (unpaired) electrons. The first-order valence-corrected chi connectivity index (χ1v) is 9.16. The zero-order valence-corrected chi connectivity index (χ0v) is 16.2. The van der Waals surface area contributed by atoms with Gasteiger partial charge in [0.2, 0.25) is 0 Å². The van der Waals surface area contributed by atoms with Gasteiger partial charge in [0.1, 0.15) is 5.75 Å². The van der Waals surface area contributed by atoms with Crippen LogP contribution in [0.15, 0.2) is 66.7 Å². The summed E-state index contributed by atoms with van der Waals surface area (Å²) in [5.41, 5.74) is 1.21. The lowest BCUT2D eigenvalue weighted by Gasteiger charge is -2.15. The molecule has 6 nitrogen and oxygen atoms in total. The van der Waals surface area contributed by atoms with Gasteiger partial charge in [-0.3, -0.25) is 9.59 Å². The highest BCUT2D eigenvalue weighted by Crippen LogP contribution is 2.23. The fraction of sp³-hybridized carbons (Fsp3) is 0.174. The molecule has 0 unspecified atom stereocenters. The third-order valence-electron chi connectivity index (χ3n) is 4.34. The topological polar surface area (TPSA) is 81.7 Å². The normalized spacial score (nSPS) is 11.5. The third-order valence-corrected chi connectivity index (χ3v) is 4.34. The first-order chi connectivity index (χ1) is 13.9. The molecule has 0 aliphatic rings. The molecular formula is C23H21NO5. The second kappa shape index (κ2) is 9.01. The number of carbonyl (C=O) groups is 3. The smallest absolute Gasteiger partial charge is 0.344 e. The van der Waals surface area contributed by atoms with Crippen molar-refractivity contribution in [3.05, 3.63) is 72.3 Å². The van der Waals surface area contributed by atoms with Crippen molar-refractivity contribution in [3.63, 3.8) is 0 Å². The SMILES string of the molecule is CC(=O)c1ccc(OCC(=O)O[C@H](C)C(=O)Nc2cccc3ccccc23)cc1. The van der Waals surface area contributed by atoms with E-state index in [1.807, 2.05) is 36.4 Å².